The fraction of sp³-hybridized carbons (Fsp3) is 0.222. The van der Waals surface area contributed by atoms with Crippen LogP contribution in [-0.4, -0.2) is 21.6 Å². The number of rotatable bonds is 5. The van der Waals surface area contributed by atoms with E-state index in [0.29, 0.717) is 27.8 Å². The van der Waals surface area contributed by atoms with Crippen molar-refractivity contribution in [1.82, 2.24) is 15.1 Å². The number of amides is 2. The maximum Gasteiger partial charge on any atom is 0.416 e. The van der Waals surface area contributed by atoms with E-state index in [2.05, 4.69) is 15.7 Å². The molecule has 0 radical (unpaired) electrons. The summed E-state index contributed by atoms with van der Waals surface area (Å²) in [5.41, 5.74) is 1.15. The molecule has 1 heterocycles. The van der Waals surface area contributed by atoms with Crippen molar-refractivity contribution < 1.29 is 22.8 Å². The number of nitrogens with one attached hydrogen (secondary N) is 2. The van der Waals surface area contributed by atoms with Crippen LogP contribution >= 0.6 is 11.6 Å². The lowest BCUT2D eigenvalue weighted by Gasteiger charge is -2.18. The predicted octanol–water partition coefficient (Wildman–Crippen LogP) is 6.61. The van der Waals surface area contributed by atoms with Gasteiger partial charge in [0.05, 0.1) is 39.2 Å². The van der Waals surface area contributed by atoms with Crippen molar-refractivity contribution in [3.63, 3.8) is 0 Å². The number of aromatic nitrogens is 2. The Hall–Kier alpha value is -3.85. The number of alkyl halides is 3. The minimum absolute atomic E-state index is 0.120. The molecule has 6 nitrogen and oxygen atoms in total. The predicted molar refractivity (Wildman–Crippen MR) is 137 cm³/mol. The number of halogens is 4. The van der Waals surface area contributed by atoms with Gasteiger partial charge in [0.1, 0.15) is 0 Å². The van der Waals surface area contributed by atoms with Crippen LogP contribution in [0.5, 0.6) is 0 Å². The lowest BCUT2D eigenvalue weighted by Crippen LogP contribution is -2.34. The highest BCUT2D eigenvalue weighted by atomic mass is 35.5. The van der Waals surface area contributed by atoms with Crippen LogP contribution in [0, 0.1) is 5.41 Å². The van der Waals surface area contributed by atoms with E-state index in [-0.39, 0.29) is 23.0 Å². The van der Waals surface area contributed by atoms with Gasteiger partial charge in [-0.3, -0.25) is 9.59 Å². The Morgan fingerprint density at radius 3 is 2.35 bits per heavy atom. The minimum Gasteiger partial charge on any atom is -0.352 e. The number of nitrogens with zero attached hydrogens (tertiary/aromatic N) is 2. The molecule has 0 unspecified atom stereocenters. The Morgan fingerprint density at radius 1 is 1.00 bits per heavy atom. The third-order valence-corrected chi connectivity index (χ3v) is 6.04. The zero-order valence-corrected chi connectivity index (χ0v) is 21.0. The summed E-state index contributed by atoms with van der Waals surface area (Å²) in [4.78, 5) is 25.3. The second kappa shape index (κ2) is 9.89. The number of carbonyl (C=O) groups is 2. The van der Waals surface area contributed by atoms with Gasteiger partial charge in [-0.2, -0.15) is 18.3 Å². The van der Waals surface area contributed by atoms with E-state index in [1.54, 1.807) is 36.4 Å². The molecule has 10 heteroatoms. The Balaban J connectivity index is 1.57. The van der Waals surface area contributed by atoms with Crippen LogP contribution in [0.2, 0.25) is 5.02 Å². The van der Waals surface area contributed by atoms with Gasteiger partial charge >= 0.3 is 6.18 Å². The lowest BCUT2D eigenvalue weighted by molar-refractivity contribution is -0.137. The fourth-order valence-electron chi connectivity index (χ4n) is 3.65. The summed E-state index contributed by atoms with van der Waals surface area (Å²) in [6, 6.07) is 14.8. The smallest absolute Gasteiger partial charge is 0.352 e. The first-order chi connectivity index (χ1) is 17.3. The van der Waals surface area contributed by atoms with E-state index in [9.17, 15) is 22.8 Å². The Bertz CT molecular complexity index is 1470. The average Bonchev–Trinajstić information content (AvgIpc) is 3.27. The molecule has 2 amide bonds. The van der Waals surface area contributed by atoms with Crippen molar-refractivity contribution in [3.8, 4) is 5.69 Å². The number of hydrogen-bond donors (Lipinski definition) is 2. The van der Waals surface area contributed by atoms with Gasteiger partial charge in [0.2, 0.25) is 5.91 Å². The summed E-state index contributed by atoms with van der Waals surface area (Å²) < 4.78 is 40.2. The zero-order chi connectivity index (χ0) is 27.0. The molecule has 37 heavy (non-hydrogen) atoms. The van der Waals surface area contributed by atoms with Crippen molar-refractivity contribution in [1.29, 1.82) is 0 Å². The maximum absolute atomic E-state index is 13.1. The van der Waals surface area contributed by atoms with Gasteiger partial charge < -0.3 is 10.6 Å². The van der Waals surface area contributed by atoms with Gasteiger partial charge in [0.15, 0.2) is 0 Å². The number of fused-ring (bicyclic) bond motifs is 1. The number of benzene rings is 3. The van der Waals surface area contributed by atoms with Gasteiger partial charge in [-0.1, -0.05) is 44.5 Å². The van der Waals surface area contributed by atoms with Crippen molar-refractivity contribution in [3.05, 3.63) is 88.6 Å². The zero-order valence-electron chi connectivity index (χ0n) is 20.3. The molecule has 0 fully saturated rings. The molecular weight excluding hydrogens is 505 g/mol. The highest BCUT2D eigenvalue weighted by molar-refractivity contribution is 6.34. The molecule has 3 aromatic carbocycles. The van der Waals surface area contributed by atoms with E-state index >= 15 is 0 Å². The summed E-state index contributed by atoms with van der Waals surface area (Å²) in [5, 5.41) is 10.8. The van der Waals surface area contributed by atoms with E-state index in [0.717, 1.165) is 12.1 Å². The molecule has 0 saturated carbocycles. The molecular formula is C27H24ClF3N4O2. The number of anilines is 1. The van der Waals surface area contributed by atoms with Crippen molar-refractivity contribution >= 4 is 40.0 Å². The lowest BCUT2D eigenvalue weighted by atomic mass is 9.95. The van der Waals surface area contributed by atoms with Crippen LogP contribution in [-0.2, 0) is 17.5 Å². The van der Waals surface area contributed by atoms with Gasteiger partial charge in [-0.15, -0.1) is 0 Å². The monoisotopic (exact) mass is 528 g/mol. The molecule has 192 valence electrons. The number of carbonyl (C=O) groups excluding carboxylic acids is 2. The highest BCUT2D eigenvalue weighted by Gasteiger charge is 2.30. The molecule has 0 saturated heterocycles. The summed E-state index contributed by atoms with van der Waals surface area (Å²) in [5.74, 6) is -0.575. The first-order valence-corrected chi connectivity index (χ1v) is 11.7. The van der Waals surface area contributed by atoms with Gasteiger partial charge in [-0.05, 0) is 54.1 Å². The normalized spacial score (nSPS) is 12.0. The van der Waals surface area contributed by atoms with Crippen molar-refractivity contribution in [2.24, 2.45) is 5.41 Å². The summed E-state index contributed by atoms with van der Waals surface area (Å²) in [6.45, 7) is 5.67. The van der Waals surface area contributed by atoms with Crippen molar-refractivity contribution in [2.45, 2.75) is 33.5 Å². The van der Waals surface area contributed by atoms with Crippen LogP contribution in [0.25, 0.3) is 16.6 Å². The molecule has 0 bridgehead atoms. The van der Waals surface area contributed by atoms with Gasteiger partial charge in [-0.25, -0.2) is 4.68 Å². The molecule has 4 aromatic rings. The molecule has 0 aliphatic heterocycles. The van der Waals surface area contributed by atoms with Crippen LogP contribution in [0.1, 0.15) is 42.3 Å². The topological polar surface area (TPSA) is 76.0 Å². The van der Waals surface area contributed by atoms with Crippen LogP contribution in [0.3, 0.4) is 0 Å². The van der Waals surface area contributed by atoms with E-state index in [1.807, 2.05) is 20.8 Å². The Kier molecular flexibility index (Phi) is 7.01. The van der Waals surface area contributed by atoms with E-state index in [1.165, 1.54) is 23.0 Å². The standard InChI is InChI=1S/C27H24ClF3N4O2/c1-26(2,3)25(37)32-14-16-7-12-21(28)19(13-16)24(36)34-22-5-4-6-23-20(22)15-33-35(23)18-10-8-17(9-11-18)27(29,30)31/h4-13,15H,14H2,1-3H3,(H,32,37)(H,34,36). The van der Waals surface area contributed by atoms with Gasteiger partial charge in [0.25, 0.3) is 5.91 Å². The summed E-state index contributed by atoms with van der Waals surface area (Å²) in [7, 11) is 0. The molecule has 2 N–H and O–H groups in total. The fourth-order valence-corrected chi connectivity index (χ4v) is 3.85. The van der Waals surface area contributed by atoms with Gasteiger partial charge in [0, 0.05) is 17.3 Å². The third-order valence-electron chi connectivity index (χ3n) is 5.71. The van der Waals surface area contributed by atoms with E-state index < -0.39 is 23.1 Å². The summed E-state index contributed by atoms with van der Waals surface area (Å²) in [6.07, 6.45) is -2.90. The average molecular weight is 529 g/mol. The quantitative estimate of drug-likeness (QED) is 0.306. The second-order valence-electron chi connectivity index (χ2n) is 9.54. The van der Waals surface area contributed by atoms with E-state index in [4.69, 9.17) is 11.6 Å². The third kappa shape index (κ3) is 5.77. The second-order valence-corrected chi connectivity index (χ2v) is 9.95. The van der Waals surface area contributed by atoms with Crippen LogP contribution < -0.4 is 10.6 Å². The van der Waals surface area contributed by atoms with Crippen molar-refractivity contribution in [2.75, 3.05) is 5.32 Å². The molecule has 4 rings (SSSR count). The maximum atomic E-state index is 13.1. The molecule has 1 aromatic heterocycles. The molecule has 0 aliphatic carbocycles. The SMILES string of the molecule is CC(C)(C)C(=O)NCc1ccc(Cl)c(C(=O)Nc2cccc3c2cnn3-c2ccc(C(F)(F)F)cc2)c1. The molecule has 0 spiro atoms. The molecule has 0 atom stereocenters. The first-order valence-electron chi connectivity index (χ1n) is 11.4. The largest absolute Gasteiger partial charge is 0.416 e. The van der Waals surface area contributed by atoms with Crippen LogP contribution in [0.15, 0.2) is 66.9 Å². The number of hydrogen-bond acceptors (Lipinski definition) is 3. The first kappa shape index (κ1) is 26.2. The van der Waals surface area contributed by atoms with Crippen LogP contribution in [0.4, 0.5) is 18.9 Å². The molecule has 0 aliphatic rings. The Morgan fingerprint density at radius 2 is 1.70 bits per heavy atom. The minimum atomic E-state index is -4.43. The highest BCUT2D eigenvalue weighted by Crippen LogP contribution is 2.31. The summed E-state index contributed by atoms with van der Waals surface area (Å²) >= 11 is 6.30. The Labute approximate surface area is 216 Å².